The van der Waals surface area contributed by atoms with Crippen molar-refractivity contribution in [3.8, 4) is 0 Å². The lowest BCUT2D eigenvalue weighted by molar-refractivity contribution is -0.125. The van der Waals surface area contributed by atoms with E-state index in [-0.39, 0.29) is 17.9 Å². The highest BCUT2D eigenvalue weighted by molar-refractivity contribution is 5.79. The Morgan fingerprint density at radius 2 is 1.84 bits per heavy atom. The van der Waals surface area contributed by atoms with Crippen molar-refractivity contribution in [2.75, 3.05) is 13.6 Å². The molecule has 108 valence electrons. The van der Waals surface area contributed by atoms with Crippen molar-refractivity contribution in [3.05, 3.63) is 0 Å². The fourth-order valence-corrected chi connectivity index (χ4v) is 4.33. The van der Waals surface area contributed by atoms with Crippen LogP contribution in [-0.4, -0.2) is 42.5 Å². The molecule has 4 atom stereocenters. The molecule has 4 heteroatoms. The standard InChI is InChI=1S/C15H27N3O/c1-18-13-4-5-14(18)7-10(6-13)9-17-15(19)11-2-3-12(16)8-11/h10-14H,2-9,16H2,1H3,(H,17,19). The third-order valence-electron chi connectivity index (χ3n) is 5.60. The normalized spacial score (nSPS) is 42.5. The van der Waals surface area contributed by atoms with Gasteiger partial charge >= 0.3 is 0 Å². The van der Waals surface area contributed by atoms with E-state index in [1.54, 1.807) is 0 Å². The van der Waals surface area contributed by atoms with Gasteiger partial charge in [-0.3, -0.25) is 4.79 Å². The minimum Gasteiger partial charge on any atom is -0.356 e. The maximum absolute atomic E-state index is 12.1. The van der Waals surface area contributed by atoms with Crippen molar-refractivity contribution in [1.29, 1.82) is 0 Å². The minimum absolute atomic E-state index is 0.179. The van der Waals surface area contributed by atoms with Crippen molar-refractivity contribution in [1.82, 2.24) is 10.2 Å². The molecule has 0 spiro atoms. The number of nitrogens with zero attached hydrogens (tertiary/aromatic N) is 1. The molecule has 0 aromatic carbocycles. The summed E-state index contributed by atoms with van der Waals surface area (Å²) in [5.74, 6) is 1.12. The first-order chi connectivity index (χ1) is 9.13. The van der Waals surface area contributed by atoms with Crippen molar-refractivity contribution in [2.45, 2.75) is 63.1 Å². The Kier molecular flexibility index (Phi) is 3.81. The lowest BCUT2D eigenvalue weighted by atomic mass is 9.91. The van der Waals surface area contributed by atoms with E-state index in [2.05, 4.69) is 17.3 Å². The van der Waals surface area contributed by atoms with Gasteiger partial charge in [-0.05, 0) is 57.9 Å². The number of carbonyl (C=O) groups excluding carboxylic acids is 1. The smallest absolute Gasteiger partial charge is 0.223 e. The Morgan fingerprint density at radius 3 is 2.42 bits per heavy atom. The summed E-state index contributed by atoms with van der Waals surface area (Å²) in [7, 11) is 2.26. The molecular weight excluding hydrogens is 238 g/mol. The first-order valence-corrected chi connectivity index (χ1v) is 7.88. The fourth-order valence-electron chi connectivity index (χ4n) is 4.33. The molecule has 0 aromatic rings. The van der Waals surface area contributed by atoms with Gasteiger partial charge in [0.1, 0.15) is 0 Å². The zero-order chi connectivity index (χ0) is 13.4. The zero-order valence-corrected chi connectivity index (χ0v) is 12.0. The molecular formula is C15H27N3O. The quantitative estimate of drug-likeness (QED) is 0.803. The molecule has 1 amide bonds. The highest BCUT2D eigenvalue weighted by Gasteiger charge is 2.38. The number of amides is 1. The summed E-state index contributed by atoms with van der Waals surface area (Å²) in [5, 5.41) is 3.19. The van der Waals surface area contributed by atoms with Crippen LogP contribution in [0.25, 0.3) is 0 Å². The SMILES string of the molecule is CN1C2CCC1CC(CNC(=O)C1CCC(N)C1)C2. The van der Waals surface area contributed by atoms with E-state index in [1.165, 1.54) is 25.7 Å². The number of rotatable bonds is 3. The van der Waals surface area contributed by atoms with Gasteiger partial charge in [0.25, 0.3) is 0 Å². The highest BCUT2D eigenvalue weighted by atomic mass is 16.1. The van der Waals surface area contributed by atoms with Gasteiger partial charge in [-0.2, -0.15) is 0 Å². The lowest BCUT2D eigenvalue weighted by Crippen LogP contribution is -2.44. The van der Waals surface area contributed by atoms with Crippen molar-refractivity contribution in [3.63, 3.8) is 0 Å². The third kappa shape index (κ3) is 2.79. The molecule has 2 aliphatic heterocycles. The average molecular weight is 265 g/mol. The number of piperidine rings is 1. The number of nitrogens with one attached hydrogen (secondary N) is 1. The van der Waals surface area contributed by atoms with Gasteiger partial charge in [0.2, 0.25) is 5.91 Å². The Bertz CT molecular complexity index is 332. The van der Waals surface area contributed by atoms with Crippen molar-refractivity contribution < 1.29 is 4.79 Å². The summed E-state index contributed by atoms with van der Waals surface area (Å²) in [4.78, 5) is 14.6. The predicted molar refractivity (Wildman–Crippen MR) is 75.6 cm³/mol. The molecule has 0 radical (unpaired) electrons. The van der Waals surface area contributed by atoms with Crippen LogP contribution in [0.15, 0.2) is 0 Å². The maximum atomic E-state index is 12.1. The maximum Gasteiger partial charge on any atom is 0.223 e. The summed E-state index contributed by atoms with van der Waals surface area (Å²) >= 11 is 0. The van der Waals surface area contributed by atoms with Crippen LogP contribution in [0.1, 0.15) is 44.9 Å². The lowest BCUT2D eigenvalue weighted by Gasteiger charge is -2.36. The minimum atomic E-state index is 0.179. The average Bonchev–Trinajstić information content (AvgIpc) is 2.88. The largest absolute Gasteiger partial charge is 0.356 e. The first kappa shape index (κ1) is 13.4. The number of nitrogens with two attached hydrogens (primary N) is 1. The Morgan fingerprint density at radius 1 is 1.16 bits per heavy atom. The van der Waals surface area contributed by atoms with E-state index in [4.69, 9.17) is 5.73 Å². The number of hydrogen-bond donors (Lipinski definition) is 2. The number of carbonyl (C=O) groups is 1. The summed E-state index contributed by atoms with van der Waals surface area (Å²) < 4.78 is 0. The summed E-state index contributed by atoms with van der Waals surface area (Å²) in [5.41, 5.74) is 5.88. The monoisotopic (exact) mass is 265 g/mol. The van der Waals surface area contributed by atoms with E-state index in [1.807, 2.05) is 0 Å². The van der Waals surface area contributed by atoms with Gasteiger partial charge in [-0.15, -0.1) is 0 Å². The van der Waals surface area contributed by atoms with Gasteiger partial charge in [0.05, 0.1) is 0 Å². The molecule has 2 bridgehead atoms. The van der Waals surface area contributed by atoms with Crippen LogP contribution in [0.5, 0.6) is 0 Å². The Hall–Kier alpha value is -0.610. The third-order valence-corrected chi connectivity index (χ3v) is 5.60. The second-order valence-corrected chi connectivity index (χ2v) is 6.90. The van der Waals surface area contributed by atoms with E-state index in [9.17, 15) is 4.79 Å². The molecule has 2 saturated heterocycles. The molecule has 0 aromatic heterocycles. The molecule has 3 N–H and O–H groups in total. The molecule has 3 fully saturated rings. The Balaban J connectivity index is 1.44. The summed E-state index contributed by atoms with van der Waals surface area (Å²) in [6, 6.07) is 1.77. The van der Waals surface area contributed by atoms with E-state index in [0.717, 1.165) is 37.9 Å². The van der Waals surface area contributed by atoms with Gasteiger partial charge < -0.3 is 16.0 Å². The second-order valence-electron chi connectivity index (χ2n) is 6.90. The molecule has 3 aliphatic rings. The van der Waals surface area contributed by atoms with E-state index in [0.29, 0.717) is 5.92 Å². The van der Waals surface area contributed by atoms with Crippen LogP contribution in [0.3, 0.4) is 0 Å². The van der Waals surface area contributed by atoms with Crippen LogP contribution in [-0.2, 0) is 4.79 Å². The van der Waals surface area contributed by atoms with Crippen LogP contribution < -0.4 is 11.1 Å². The molecule has 1 aliphatic carbocycles. The number of hydrogen-bond acceptors (Lipinski definition) is 3. The van der Waals surface area contributed by atoms with Crippen molar-refractivity contribution >= 4 is 5.91 Å². The topological polar surface area (TPSA) is 58.4 Å². The highest BCUT2D eigenvalue weighted by Crippen LogP contribution is 2.37. The van der Waals surface area contributed by atoms with Crippen LogP contribution in [0.4, 0.5) is 0 Å². The van der Waals surface area contributed by atoms with Gasteiger partial charge in [-0.25, -0.2) is 0 Å². The molecule has 3 rings (SSSR count). The molecule has 19 heavy (non-hydrogen) atoms. The number of fused-ring (bicyclic) bond motifs is 2. The molecule has 4 unspecified atom stereocenters. The summed E-state index contributed by atoms with van der Waals surface area (Å²) in [6.07, 6.45) is 8.09. The molecule has 2 heterocycles. The second kappa shape index (κ2) is 5.41. The summed E-state index contributed by atoms with van der Waals surface area (Å²) in [6.45, 7) is 0.880. The Labute approximate surface area is 116 Å². The van der Waals surface area contributed by atoms with Gasteiger partial charge in [-0.1, -0.05) is 0 Å². The van der Waals surface area contributed by atoms with Gasteiger partial charge in [0, 0.05) is 30.6 Å². The fraction of sp³-hybridized carbons (Fsp3) is 0.933. The molecule has 4 nitrogen and oxygen atoms in total. The first-order valence-electron chi connectivity index (χ1n) is 7.88. The van der Waals surface area contributed by atoms with Crippen LogP contribution in [0, 0.1) is 11.8 Å². The van der Waals surface area contributed by atoms with Gasteiger partial charge in [0.15, 0.2) is 0 Å². The molecule has 1 saturated carbocycles. The van der Waals surface area contributed by atoms with Crippen LogP contribution in [0.2, 0.25) is 0 Å². The van der Waals surface area contributed by atoms with E-state index >= 15 is 0 Å². The predicted octanol–water partition coefficient (Wildman–Crippen LogP) is 1.10. The van der Waals surface area contributed by atoms with E-state index < -0.39 is 0 Å². The zero-order valence-electron chi connectivity index (χ0n) is 12.0. The van der Waals surface area contributed by atoms with Crippen LogP contribution >= 0.6 is 0 Å². The van der Waals surface area contributed by atoms with Crippen molar-refractivity contribution in [2.24, 2.45) is 17.6 Å².